The van der Waals surface area contributed by atoms with Crippen LogP contribution in [0.2, 0.25) is 0 Å². The number of nitrogens with one attached hydrogen (secondary N) is 1. The van der Waals surface area contributed by atoms with Crippen LogP contribution in [0.3, 0.4) is 0 Å². The van der Waals surface area contributed by atoms with Crippen molar-refractivity contribution in [3.63, 3.8) is 0 Å². The van der Waals surface area contributed by atoms with Crippen molar-refractivity contribution in [2.45, 2.75) is 32.1 Å². The predicted molar refractivity (Wildman–Crippen MR) is 125 cm³/mol. The first-order valence-electron chi connectivity index (χ1n) is 11.0. The first-order valence-corrected chi connectivity index (χ1v) is 11.0. The van der Waals surface area contributed by atoms with Crippen LogP contribution in [-0.4, -0.2) is 53.0 Å². The van der Waals surface area contributed by atoms with Crippen LogP contribution >= 0.6 is 0 Å². The molecule has 1 N–H and O–H groups in total. The fourth-order valence-electron chi connectivity index (χ4n) is 4.22. The highest BCUT2D eigenvalue weighted by Crippen LogP contribution is 2.29. The maximum atomic E-state index is 13.1. The van der Waals surface area contributed by atoms with Crippen molar-refractivity contribution in [1.82, 2.24) is 19.9 Å². The smallest absolute Gasteiger partial charge is 0.227 e. The van der Waals surface area contributed by atoms with E-state index in [9.17, 15) is 4.79 Å². The van der Waals surface area contributed by atoms with E-state index in [2.05, 4.69) is 15.3 Å². The highest BCUT2D eigenvalue weighted by Gasteiger charge is 2.26. The van der Waals surface area contributed by atoms with Crippen molar-refractivity contribution in [2.75, 3.05) is 32.6 Å². The third kappa shape index (κ3) is 4.88. The molecule has 0 radical (unpaired) electrons. The largest absolute Gasteiger partial charge is 0.496 e. The van der Waals surface area contributed by atoms with E-state index in [4.69, 9.17) is 9.72 Å². The van der Waals surface area contributed by atoms with Crippen LogP contribution in [0.4, 0.5) is 5.82 Å². The van der Waals surface area contributed by atoms with Crippen molar-refractivity contribution >= 4 is 11.7 Å². The number of pyridine rings is 1. The van der Waals surface area contributed by atoms with Gasteiger partial charge in [0.2, 0.25) is 5.91 Å². The van der Waals surface area contributed by atoms with E-state index >= 15 is 0 Å². The van der Waals surface area contributed by atoms with Crippen molar-refractivity contribution in [3.8, 4) is 17.1 Å². The Morgan fingerprint density at radius 1 is 1.19 bits per heavy atom. The summed E-state index contributed by atoms with van der Waals surface area (Å²) in [6.45, 7) is 3.45. The molecule has 166 valence electrons. The SMILES string of the molecule is CNc1cc([C@H]2CCCN(C(=O)Cc3ccc(OC)c(C)c3)C2)nc(-c2ccncc2)n1. The molecule has 0 bridgehead atoms. The summed E-state index contributed by atoms with van der Waals surface area (Å²) >= 11 is 0. The van der Waals surface area contributed by atoms with Crippen molar-refractivity contribution in [1.29, 1.82) is 0 Å². The molecule has 1 atom stereocenters. The van der Waals surface area contributed by atoms with Gasteiger partial charge in [-0.05, 0) is 49.1 Å². The third-order valence-electron chi connectivity index (χ3n) is 5.95. The number of aryl methyl sites for hydroxylation is 1. The number of benzene rings is 1. The van der Waals surface area contributed by atoms with Gasteiger partial charge in [-0.25, -0.2) is 9.97 Å². The fourth-order valence-corrected chi connectivity index (χ4v) is 4.22. The quantitative estimate of drug-likeness (QED) is 0.639. The van der Waals surface area contributed by atoms with Gasteiger partial charge in [-0.3, -0.25) is 9.78 Å². The molecule has 7 heteroatoms. The lowest BCUT2D eigenvalue weighted by Crippen LogP contribution is -2.40. The highest BCUT2D eigenvalue weighted by atomic mass is 16.5. The number of nitrogens with zero attached hydrogens (tertiary/aromatic N) is 4. The number of anilines is 1. The van der Waals surface area contributed by atoms with Crippen LogP contribution in [0.5, 0.6) is 5.75 Å². The molecule has 0 spiro atoms. The summed E-state index contributed by atoms with van der Waals surface area (Å²) in [5.41, 5.74) is 3.94. The molecule has 32 heavy (non-hydrogen) atoms. The molecule has 3 aromatic rings. The molecule has 1 aliphatic rings. The Kier molecular flexibility index (Phi) is 6.63. The van der Waals surface area contributed by atoms with Crippen LogP contribution in [0, 0.1) is 6.92 Å². The van der Waals surface area contributed by atoms with Crippen LogP contribution in [0.15, 0.2) is 48.8 Å². The Hall–Kier alpha value is -3.48. The highest BCUT2D eigenvalue weighted by molar-refractivity contribution is 5.79. The van der Waals surface area contributed by atoms with Crippen molar-refractivity contribution < 1.29 is 9.53 Å². The minimum atomic E-state index is 0.150. The molecule has 0 aliphatic carbocycles. The van der Waals surface area contributed by atoms with Gasteiger partial charge in [-0.2, -0.15) is 0 Å². The van der Waals surface area contributed by atoms with Gasteiger partial charge in [-0.1, -0.05) is 12.1 Å². The van der Waals surface area contributed by atoms with Gasteiger partial charge < -0.3 is 15.0 Å². The lowest BCUT2D eigenvalue weighted by atomic mass is 9.93. The second kappa shape index (κ2) is 9.77. The molecule has 1 saturated heterocycles. The number of hydrogen-bond donors (Lipinski definition) is 1. The molecule has 0 unspecified atom stereocenters. The van der Waals surface area contributed by atoms with E-state index in [1.54, 1.807) is 19.5 Å². The number of carbonyl (C=O) groups is 1. The molecule has 4 rings (SSSR count). The summed E-state index contributed by atoms with van der Waals surface area (Å²) in [7, 11) is 3.52. The molecular weight excluding hydrogens is 402 g/mol. The standard InChI is InChI=1S/C25H29N5O2/c1-17-13-18(6-7-22(17)32-3)14-24(31)30-12-4-5-20(16-30)21-15-23(26-2)29-25(28-21)19-8-10-27-11-9-19/h6-11,13,15,20H,4-5,12,14,16H2,1-3H3,(H,26,28,29)/t20-/m0/s1. The lowest BCUT2D eigenvalue weighted by Gasteiger charge is -2.33. The van der Waals surface area contributed by atoms with Crippen molar-refractivity contribution in [3.05, 3.63) is 65.6 Å². The molecule has 1 aliphatic heterocycles. The Morgan fingerprint density at radius 3 is 2.72 bits per heavy atom. The summed E-state index contributed by atoms with van der Waals surface area (Å²) < 4.78 is 5.33. The normalized spacial score (nSPS) is 16.0. The second-order valence-electron chi connectivity index (χ2n) is 8.15. The van der Waals surface area contributed by atoms with E-state index in [1.165, 1.54) is 0 Å². The van der Waals surface area contributed by atoms with Crippen LogP contribution in [0.25, 0.3) is 11.4 Å². The molecule has 3 heterocycles. The number of amides is 1. The summed E-state index contributed by atoms with van der Waals surface area (Å²) in [6.07, 6.45) is 5.84. The Labute approximate surface area is 188 Å². The molecule has 1 aromatic carbocycles. The van der Waals surface area contributed by atoms with Crippen LogP contribution in [0.1, 0.15) is 35.6 Å². The van der Waals surface area contributed by atoms with E-state index in [-0.39, 0.29) is 11.8 Å². The number of rotatable bonds is 6. The first-order chi connectivity index (χ1) is 15.6. The van der Waals surface area contributed by atoms with Gasteiger partial charge in [-0.15, -0.1) is 0 Å². The second-order valence-corrected chi connectivity index (χ2v) is 8.15. The zero-order valence-corrected chi connectivity index (χ0v) is 18.8. The Balaban J connectivity index is 1.51. The summed E-state index contributed by atoms with van der Waals surface area (Å²) in [5.74, 6) is 2.62. The summed E-state index contributed by atoms with van der Waals surface area (Å²) in [6, 6.07) is 11.7. The van der Waals surface area contributed by atoms with E-state index in [0.717, 1.165) is 53.3 Å². The Bertz CT molecular complexity index is 1090. The van der Waals surface area contributed by atoms with Gasteiger partial charge in [0.05, 0.1) is 19.2 Å². The van der Waals surface area contributed by atoms with E-state index in [0.29, 0.717) is 18.8 Å². The maximum Gasteiger partial charge on any atom is 0.227 e. The maximum absolute atomic E-state index is 13.1. The predicted octanol–water partition coefficient (Wildman–Crippen LogP) is 3.85. The summed E-state index contributed by atoms with van der Waals surface area (Å²) in [5, 5.41) is 3.14. The van der Waals surface area contributed by atoms with E-state index in [1.807, 2.05) is 55.3 Å². The lowest BCUT2D eigenvalue weighted by molar-refractivity contribution is -0.131. The number of aromatic nitrogens is 3. The number of ether oxygens (including phenoxy) is 1. The minimum Gasteiger partial charge on any atom is -0.496 e. The average Bonchev–Trinajstić information content (AvgIpc) is 2.84. The number of hydrogen-bond acceptors (Lipinski definition) is 6. The zero-order chi connectivity index (χ0) is 22.5. The van der Waals surface area contributed by atoms with Crippen LogP contribution < -0.4 is 10.1 Å². The summed E-state index contributed by atoms with van der Waals surface area (Å²) in [4.78, 5) is 28.6. The molecule has 1 amide bonds. The average molecular weight is 432 g/mol. The van der Waals surface area contributed by atoms with Gasteiger partial charge in [0.25, 0.3) is 0 Å². The fraction of sp³-hybridized carbons (Fsp3) is 0.360. The third-order valence-corrected chi connectivity index (χ3v) is 5.95. The molecular formula is C25H29N5O2. The number of carbonyl (C=O) groups excluding carboxylic acids is 1. The van der Waals surface area contributed by atoms with Crippen molar-refractivity contribution in [2.24, 2.45) is 0 Å². The Morgan fingerprint density at radius 2 is 2.00 bits per heavy atom. The number of methoxy groups -OCH3 is 1. The van der Waals surface area contributed by atoms with Gasteiger partial charge >= 0.3 is 0 Å². The molecule has 0 saturated carbocycles. The van der Waals surface area contributed by atoms with E-state index < -0.39 is 0 Å². The first kappa shape index (κ1) is 21.7. The molecule has 2 aromatic heterocycles. The van der Waals surface area contributed by atoms with Crippen LogP contribution in [-0.2, 0) is 11.2 Å². The number of piperidine rings is 1. The number of likely N-dealkylation sites (tertiary alicyclic amines) is 1. The molecule has 1 fully saturated rings. The minimum absolute atomic E-state index is 0.150. The zero-order valence-electron chi connectivity index (χ0n) is 18.8. The van der Waals surface area contributed by atoms with Gasteiger partial charge in [0, 0.05) is 50.1 Å². The molecule has 7 nitrogen and oxygen atoms in total. The van der Waals surface area contributed by atoms with Gasteiger partial charge in [0.1, 0.15) is 11.6 Å². The van der Waals surface area contributed by atoms with Gasteiger partial charge in [0.15, 0.2) is 5.82 Å². The monoisotopic (exact) mass is 431 g/mol. The topological polar surface area (TPSA) is 80.2 Å².